The fourth-order valence-electron chi connectivity index (χ4n) is 2.54. The van der Waals surface area contributed by atoms with E-state index in [1.54, 1.807) is 35.9 Å². The van der Waals surface area contributed by atoms with Crippen molar-refractivity contribution in [2.75, 3.05) is 11.0 Å². The molecule has 1 aromatic heterocycles. The van der Waals surface area contributed by atoms with Gasteiger partial charge < -0.3 is 0 Å². The number of thioether (sulfide) groups is 1. The van der Waals surface area contributed by atoms with Crippen LogP contribution >= 0.6 is 11.8 Å². The quantitative estimate of drug-likeness (QED) is 0.465. The Bertz CT molecular complexity index is 1090. The van der Waals surface area contributed by atoms with Gasteiger partial charge in [-0.2, -0.15) is 4.68 Å². The molecule has 1 N–H and O–H groups in total. The second-order valence-corrected chi connectivity index (χ2v) is 9.34. The molecule has 0 bridgehead atoms. The molecule has 0 radical (unpaired) electrons. The lowest BCUT2D eigenvalue weighted by atomic mass is 10.1. The van der Waals surface area contributed by atoms with Gasteiger partial charge in [-0.1, -0.05) is 23.9 Å². The zero-order chi connectivity index (χ0) is 20.3. The third-order valence-electron chi connectivity index (χ3n) is 3.81. The van der Waals surface area contributed by atoms with E-state index in [0.717, 1.165) is 17.5 Å². The van der Waals surface area contributed by atoms with Gasteiger partial charge in [0.25, 0.3) is 0 Å². The van der Waals surface area contributed by atoms with Gasteiger partial charge in [-0.15, -0.1) is 5.10 Å². The largest absolute Gasteiger partial charge is 0.293 e. The Labute approximate surface area is 167 Å². The maximum atomic E-state index is 12.7. The number of tetrazole rings is 1. The minimum atomic E-state index is -3.36. The number of rotatable bonds is 7. The molecule has 3 aromatic rings. The monoisotopic (exact) mass is 417 g/mol. The van der Waals surface area contributed by atoms with E-state index in [9.17, 15) is 13.2 Å². The summed E-state index contributed by atoms with van der Waals surface area (Å²) < 4.78 is 26.5. The molecule has 8 nitrogen and oxygen atoms in total. The third kappa shape index (κ3) is 4.96. The van der Waals surface area contributed by atoms with Crippen molar-refractivity contribution in [2.45, 2.75) is 24.3 Å². The van der Waals surface area contributed by atoms with Crippen molar-refractivity contribution < 1.29 is 13.2 Å². The summed E-state index contributed by atoms with van der Waals surface area (Å²) in [5.41, 5.74) is 2.79. The van der Waals surface area contributed by atoms with E-state index in [1.165, 1.54) is 11.8 Å². The Morgan fingerprint density at radius 1 is 1.18 bits per heavy atom. The molecule has 0 saturated carbocycles. The van der Waals surface area contributed by atoms with Gasteiger partial charge >= 0.3 is 0 Å². The average Bonchev–Trinajstić information content (AvgIpc) is 3.08. The van der Waals surface area contributed by atoms with E-state index >= 15 is 0 Å². The van der Waals surface area contributed by atoms with Crippen LogP contribution in [0.1, 0.15) is 22.8 Å². The highest BCUT2D eigenvalue weighted by molar-refractivity contribution is 8.00. The normalized spacial score (nSPS) is 12.5. The lowest BCUT2D eigenvalue weighted by Gasteiger charge is -2.11. The van der Waals surface area contributed by atoms with E-state index in [1.807, 2.05) is 31.2 Å². The van der Waals surface area contributed by atoms with Gasteiger partial charge in [-0.25, -0.2) is 8.42 Å². The molecule has 146 valence electrons. The molecule has 1 atom stereocenters. The number of aromatic nitrogens is 4. The number of benzene rings is 2. The molecule has 0 saturated heterocycles. The number of carbonyl (C=O) groups is 1. The second-order valence-electron chi connectivity index (χ2n) is 6.29. The lowest BCUT2D eigenvalue weighted by Crippen LogP contribution is -2.15. The van der Waals surface area contributed by atoms with Gasteiger partial charge in [0.15, 0.2) is 5.78 Å². The van der Waals surface area contributed by atoms with Crippen LogP contribution in [0.3, 0.4) is 0 Å². The number of carbonyl (C=O) groups excluding carboxylic acids is 1. The number of ketones is 1. The summed E-state index contributed by atoms with van der Waals surface area (Å²) in [5.74, 6) is -0.102. The SMILES string of the molecule is Cc1cccc(-n2nnnc2SC(C)C(=O)c2ccc(NS(C)(=O)=O)cc2)c1. The first kappa shape index (κ1) is 20.0. The summed E-state index contributed by atoms with van der Waals surface area (Å²) in [7, 11) is -3.36. The smallest absolute Gasteiger partial charge is 0.229 e. The van der Waals surface area contributed by atoms with Crippen molar-refractivity contribution in [3.8, 4) is 5.69 Å². The van der Waals surface area contributed by atoms with Gasteiger partial charge in [0.2, 0.25) is 15.2 Å². The first-order valence-corrected chi connectivity index (χ1v) is 11.1. The summed E-state index contributed by atoms with van der Waals surface area (Å²) in [6.45, 7) is 3.76. The zero-order valence-corrected chi connectivity index (χ0v) is 17.2. The van der Waals surface area contributed by atoms with Crippen LogP contribution in [0.4, 0.5) is 5.69 Å². The van der Waals surface area contributed by atoms with Crippen molar-refractivity contribution in [1.82, 2.24) is 20.2 Å². The van der Waals surface area contributed by atoms with Crippen molar-refractivity contribution in [3.63, 3.8) is 0 Å². The predicted octanol–water partition coefficient (Wildman–Crippen LogP) is 2.71. The van der Waals surface area contributed by atoms with E-state index in [0.29, 0.717) is 16.4 Å². The van der Waals surface area contributed by atoms with Gasteiger partial charge in [-0.05, 0) is 66.2 Å². The van der Waals surface area contributed by atoms with Crippen LogP contribution in [0.5, 0.6) is 0 Å². The third-order valence-corrected chi connectivity index (χ3v) is 5.45. The van der Waals surface area contributed by atoms with Crippen LogP contribution in [0.15, 0.2) is 53.7 Å². The molecule has 0 aliphatic rings. The number of hydrogen-bond acceptors (Lipinski definition) is 7. The molecule has 10 heteroatoms. The molecule has 0 fully saturated rings. The number of anilines is 1. The molecule has 3 rings (SSSR count). The van der Waals surface area contributed by atoms with Crippen molar-refractivity contribution in [2.24, 2.45) is 0 Å². The van der Waals surface area contributed by atoms with Gasteiger partial charge in [0.05, 0.1) is 17.2 Å². The minimum absolute atomic E-state index is 0.102. The Kier molecular flexibility index (Phi) is 5.80. The van der Waals surface area contributed by atoms with Crippen LogP contribution in [-0.2, 0) is 10.0 Å². The van der Waals surface area contributed by atoms with E-state index in [-0.39, 0.29) is 5.78 Å². The molecule has 1 heterocycles. The maximum absolute atomic E-state index is 12.7. The van der Waals surface area contributed by atoms with Crippen molar-refractivity contribution in [3.05, 3.63) is 59.7 Å². The molecule has 0 spiro atoms. The highest BCUT2D eigenvalue weighted by Crippen LogP contribution is 2.26. The van der Waals surface area contributed by atoms with Gasteiger partial charge in [-0.3, -0.25) is 9.52 Å². The van der Waals surface area contributed by atoms with E-state index in [4.69, 9.17) is 0 Å². The summed E-state index contributed by atoms with van der Waals surface area (Å²) in [6.07, 6.45) is 1.07. The van der Waals surface area contributed by atoms with Crippen molar-refractivity contribution >= 4 is 33.3 Å². The fraction of sp³-hybridized carbons (Fsp3) is 0.222. The molecular formula is C18H19N5O3S2. The van der Waals surface area contributed by atoms with Gasteiger partial charge in [0, 0.05) is 11.3 Å². The van der Waals surface area contributed by atoms with Gasteiger partial charge in [0.1, 0.15) is 0 Å². The Morgan fingerprint density at radius 2 is 1.89 bits per heavy atom. The van der Waals surface area contributed by atoms with Crippen LogP contribution in [0.25, 0.3) is 5.69 Å². The highest BCUT2D eigenvalue weighted by atomic mass is 32.2. The average molecular weight is 418 g/mol. The number of hydrogen-bond donors (Lipinski definition) is 1. The molecule has 2 aromatic carbocycles. The van der Waals surface area contributed by atoms with E-state index < -0.39 is 15.3 Å². The Morgan fingerprint density at radius 3 is 2.54 bits per heavy atom. The maximum Gasteiger partial charge on any atom is 0.229 e. The summed E-state index contributed by atoms with van der Waals surface area (Å²) in [6, 6.07) is 14.1. The van der Waals surface area contributed by atoms with Crippen LogP contribution in [-0.4, -0.2) is 45.9 Å². The molecule has 0 aliphatic heterocycles. The number of sulfonamides is 1. The minimum Gasteiger partial charge on any atom is -0.293 e. The number of nitrogens with one attached hydrogen (secondary N) is 1. The van der Waals surface area contributed by atoms with Crippen molar-refractivity contribution in [1.29, 1.82) is 0 Å². The Balaban J connectivity index is 1.74. The Hall–Kier alpha value is -2.72. The lowest BCUT2D eigenvalue weighted by molar-refractivity contribution is 0.0994. The predicted molar refractivity (Wildman–Crippen MR) is 108 cm³/mol. The molecule has 0 aliphatic carbocycles. The summed E-state index contributed by atoms with van der Waals surface area (Å²) in [5, 5.41) is 11.9. The fourth-order valence-corrected chi connectivity index (χ4v) is 3.99. The molecule has 0 amide bonds. The standard InChI is InChI=1S/C18H19N5O3S2/c1-12-5-4-6-16(11-12)23-18(19-21-22-23)27-13(2)17(24)14-7-9-15(10-8-14)20-28(3,25)26/h4-11,13,20H,1-3H3. The van der Waals surface area contributed by atoms with Crippen LogP contribution < -0.4 is 4.72 Å². The second kappa shape index (κ2) is 8.11. The first-order valence-electron chi connectivity index (χ1n) is 8.37. The highest BCUT2D eigenvalue weighted by Gasteiger charge is 2.20. The van der Waals surface area contributed by atoms with Crippen LogP contribution in [0, 0.1) is 6.92 Å². The van der Waals surface area contributed by atoms with E-state index in [2.05, 4.69) is 20.2 Å². The van der Waals surface area contributed by atoms with Crippen LogP contribution in [0.2, 0.25) is 0 Å². The molecule has 1 unspecified atom stereocenters. The summed E-state index contributed by atoms with van der Waals surface area (Å²) in [4.78, 5) is 12.7. The first-order chi connectivity index (χ1) is 13.2. The molecular weight excluding hydrogens is 398 g/mol. The number of Topliss-reactive ketones (excluding diaryl/α,β-unsaturated/α-hetero) is 1. The topological polar surface area (TPSA) is 107 Å². The number of nitrogens with zero attached hydrogens (tertiary/aromatic N) is 4. The molecule has 28 heavy (non-hydrogen) atoms. The summed E-state index contributed by atoms with van der Waals surface area (Å²) >= 11 is 1.26. The zero-order valence-electron chi connectivity index (χ0n) is 15.5. The number of aryl methyl sites for hydroxylation is 1.